The first-order chi connectivity index (χ1) is 8.66. The second kappa shape index (κ2) is 4.42. The Bertz CT molecular complexity index is 499. The minimum atomic E-state index is -0.0328. The third-order valence-corrected chi connectivity index (χ3v) is 4.24. The van der Waals surface area contributed by atoms with Gasteiger partial charge in [0.25, 0.3) is 5.91 Å². The minimum Gasteiger partial charge on any atom is -0.457 e. The van der Waals surface area contributed by atoms with Crippen LogP contribution in [0.25, 0.3) is 0 Å². The normalized spacial score (nSPS) is 23.4. The Morgan fingerprint density at radius 3 is 3.00 bits per heavy atom. The molecule has 3 heterocycles. The fourth-order valence-corrected chi connectivity index (χ4v) is 3.08. The predicted octanol–water partition coefficient (Wildman–Crippen LogP) is 1.49. The molecule has 1 unspecified atom stereocenters. The summed E-state index contributed by atoms with van der Waals surface area (Å²) in [6.07, 6.45) is 2.96. The molecule has 0 aromatic carbocycles. The first-order valence-electron chi connectivity index (χ1n) is 5.98. The van der Waals surface area contributed by atoms with Crippen LogP contribution in [0, 0.1) is 0 Å². The van der Waals surface area contributed by atoms with Gasteiger partial charge in [-0.05, 0) is 28.4 Å². The minimum absolute atomic E-state index is 0.0328. The highest BCUT2D eigenvalue weighted by Crippen LogP contribution is 2.25. The van der Waals surface area contributed by atoms with Crippen LogP contribution in [0.15, 0.2) is 21.4 Å². The molecule has 96 valence electrons. The van der Waals surface area contributed by atoms with E-state index in [1.807, 2.05) is 4.90 Å². The topological polar surface area (TPSA) is 53.8 Å². The summed E-state index contributed by atoms with van der Waals surface area (Å²) in [4.78, 5) is 27.6. The van der Waals surface area contributed by atoms with Gasteiger partial charge >= 0.3 is 0 Å². The largest absolute Gasteiger partial charge is 0.457 e. The maximum atomic E-state index is 12.3. The zero-order valence-corrected chi connectivity index (χ0v) is 11.4. The number of carbonyl (C=O) groups is 2. The number of nitrogens with zero attached hydrogens (tertiary/aromatic N) is 2. The van der Waals surface area contributed by atoms with Crippen molar-refractivity contribution >= 4 is 27.7 Å². The van der Waals surface area contributed by atoms with E-state index in [1.54, 1.807) is 11.0 Å². The third-order valence-electron chi connectivity index (χ3n) is 3.63. The van der Waals surface area contributed by atoms with Crippen LogP contribution in [-0.4, -0.2) is 47.3 Å². The van der Waals surface area contributed by atoms with Crippen LogP contribution in [0.5, 0.6) is 0 Å². The number of carbonyl (C=O) groups excluding carboxylic acids is 2. The van der Waals surface area contributed by atoms with E-state index in [4.69, 9.17) is 4.42 Å². The fraction of sp³-hybridized carbons (Fsp3) is 0.500. The lowest BCUT2D eigenvalue weighted by Crippen LogP contribution is -2.53. The van der Waals surface area contributed by atoms with Gasteiger partial charge < -0.3 is 14.2 Å². The van der Waals surface area contributed by atoms with Crippen LogP contribution in [0.4, 0.5) is 0 Å². The number of hydrogen-bond donors (Lipinski definition) is 0. The van der Waals surface area contributed by atoms with Crippen LogP contribution >= 0.6 is 15.9 Å². The Labute approximate surface area is 113 Å². The molecule has 1 aromatic heterocycles. The van der Waals surface area contributed by atoms with Gasteiger partial charge in [0.1, 0.15) is 0 Å². The molecule has 0 spiro atoms. The fourth-order valence-electron chi connectivity index (χ4n) is 2.67. The molecular weight excluding hydrogens is 300 g/mol. The van der Waals surface area contributed by atoms with Crippen molar-refractivity contribution < 1.29 is 14.0 Å². The van der Waals surface area contributed by atoms with Crippen molar-refractivity contribution in [1.82, 2.24) is 9.80 Å². The molecule has 2 amide bonds. The molecule has 2 fully saturated rings. The number of furan rings is 1. The summed E-state index contributed by atoms with van der Waals surface area (Å²) in [5.74, 6) is 0.186. The van der Waals surface area contributed by atoms with Crippen LogP contribution in [-0.2, 0) is 4.79 Å². The number of hydrogen-bond acceptors (Lipinski definition) is 3. The van der Waals surface area contributed by atoms with Gasteiger partial charge in [0.2, 0.25) is 5.91 Å². The SMILES string of the molecule is O=C(c1ccoc1Br)N1CCN2C(=O)CCC2C1. The summed E-state index contributed by atoms with van der Waals surface area (Å²) in [6.45, 7) is 1.87. The lowest BCUT2D eigenvalue weighted by Gasteiger charge is -2.37. The second-order valence-electron chi connectivity index (χ2n) is 4.64. The standard InChI is InChI=1S/C12H13BrN2O3/c13-11-9(3-6-18-11)12(17)14-4-5-15-8(7-14)1-2-10(15)16/h3,6,8H,1-2,4-5,7H2. The Hall–Kier alpha value is -1.30. The zero-order valence-electron chi connectivity index (χ0n) is 9.76. The van der Waals surface area contributed by atoms with Gasteiger partial charge in [-0.25, -0.2) is 0 Å². The smallest absolute Gasteiger partial charge is 0.258 e. The van der Waals surface area contributed by atoms with Gasteiger partial charge in [-0.15, -0.1) is 0 Å². The van der Waals surface area contributed by atoms with Gasteiger partial charge in [-0.1, -0.05) is 0 Å². The van der Waals surface area contributed by atoms with E-state index in [0.29, 0.717) is 36.3 Å². The highest BCUT2D eigenvalue weighted by Gasteiger charge is 2.37. The van der Waals surface area contributed by atoms with E-state index in [-0.39, 0.29) is 17.9 Å². The van der Waals surface area contributed by atoms with Crippen molar-refractivity contribution in [3.8, 4) is 0 Å². The molecule has 1 atom stereocenters. The molecule has 0 N–H and O–H groups in total. The zero-order chi connectivity index (χ0) is 12.7. The summed E-state index contributed by atoms with van der Waals surface area (Å²) in [6, 6.07) is 1.86. The number of halogens is 1. The van der Waals surface area contributed by atoms with E-state index in [1.165, 1.54) is 6.26 Å². The van der Waals surface area contributed by atoms with Crippen molar-refractivity contribution in [2.24, 2.45) is 0 Å². The summed E-state index contributed by atoms with van der Waals surface area (Å²) in [7, 11) is 0. The molecular formula is C12H13BrN2O3. The molecule has 2 aliphatic rings. The van der Waals surface area contributed by atoms with E-state index in [0.717, 1.165) is 6.42 Å². The lowest BCUT2D eigenvalue weighted by atomic mass is 10.1. The van der Waals surface area contributed by atoms with Crippen LogP contribution in [0.1, 0.15) is 23.2 Å². The van der Waals surface area contributed by atoms with Crippen molar-refractivity contribution in [2.75, 3.05) is 19.6 Å². The molecule has 5 nitrogen and oxygen atoms in total. The monoisotopic (exact) mass is 312 g/mol. The van der Waals surface area contributed by atoms with Crippen molar-refractivity contribution in [2.45, 2.75) is 18.9 Å². The summed E-state index contributed by atoms with van der Waals surface area (Å²) in [5, 5.41) is 0. The molecule has 3 rings (SSSR count). The van der Waals surface area contributed by atoms with E-state index in [2.05, 4.69) is 15.9 Å². The number of amides is 2. The lowest BCUT2D eigenvalue weighted by molar-refractivity contribution is -0.130. The van der Waals surface area contributed by atoms with Crippen molar-refractivity contribution in [3.05, 3.63) is 22.6 Å². The number of rotatable bonds is 1. The molecule has 6 heteroatoms. The van der Waals surface area contributed by atoms with E-state index >= 15 is 0 Å². The van der Waals surface area contributed by atoms with E-state index in [9.17, 15) is 9.59 Å². The molecule has 0 bridgehead atoms. The van der Waals surface area contributed by atoms with Gasteiger partial charge in [0, 0.05) is 32.1 Å². The first kappa shape index (κ1) is 11.8. The highest BCUT2D eigenvalue weighted by molar-refractivity contribution is 9.10. The molecule has 18 heavy (non-hydrogen) atoms. The molecule has 0 saturated carbocycles. The van der Waals surface area contributed by atoms with Gasteiger partial charge in [-0.3, -0.25) is 9.59 Å². The number of piperazine rings is 1. The van der Waals surface area contributed by atoms with Crippen LogP contribution in [0.2, 0.25) is 0 Å². The van der Waals surface area contributed by atoms with Crippen molar-refractivity contribution in [3.63, 3.8) is 0 Å². The van der Waals surface area contributed by atoms with Gasteiger partial charge in [0.05, 0.1) is 11.8 Å². The molecule has 2 aliphatic heterocycles. The maximum absolute atomic E-state index is 12.3. The summed E-state index contributed by atoms with van der Waals surface area (Å²) < 4.78 is 5.55. The number of fused-ring (bicyclic) bond motifs is 1. The molecule has 1 aromatic rings. The molecule has 2 saturated heterocycles. The molecule has 0 radical (unpaired) electrons. The second-order valence-corrected chi connectivity index (χ2v) is 5.36. The molecule has 0 aliphatic carbocycles. The van der Waals surface area contributed by atoms with Crippen LogP contribution < -0.4 is 0 Å². The Kier molecular flexibility index (Phi) is 2.89. The quantitative estimate of drug-likeness (QED) is 0.789. The van der Waals surface area contributed by atoms with Crippen LogP contribution in [0.3, 0.4) is 0 Å². The Morgan fingerprint density at radius 2 is 2.28 bits per heavy atom. The summed E-state index contributed by atoms with van der Waals surface area (Å²) in [5.41, 5.74) is 0.549. The highest BCUT2D eigenvalue weighted by atomic mass is 79.9. The van der Waals surface area contributed by atoms with Gasteiger partial charge in [0.15, 0.2) is 4.67 Å². The Balaban J connectivity index is 1.74. The third kappa shape index (κ3) is 1.84. The average Bonchev–Trinajstić information content (AvgIpc) is 2.95. The van der Waals surface area contributed by atoms with Gasteiger partial charge in [-0.2, -0.15) is 0 Å². The Morgan fingerprint density at radius 1 is 1.44 bits per heavy atom. The average molecular weight is 313 g/mol. The van der Waals surface area contributed by atoms with E-state index < -0.39 is 0 Å². The maximum Gasteiger partial charge on any atom is 0.258 e. The predicted molar refractivity (Wildman–Crippen MR) is 67.0 cm³/mol. The van der Waals surface area contributed by atoms with Crippen molar-refractivity contribution in [1.29, 1.82) is 0 Å². The first-order valence-corrected chi connectivity index (χ1v) is 6.78. The summed E-state index contributed by atoms with van der Waals surface area (Å²) >= 11 is 3.22.